The Morgan fingerprint density at radius 2 is 1.96 bits per heavy atom. The summed E-state index contributed by atoms with van der Waals surface area (Å²) in [6, 6.07) is 11.7. The molecular weight excluding hydrogens is 360 g/mol. The first kappa shape index (κ1) is 17.8. The predicted molar refractivity (Wildman–Crippen MR) is 102 cm³/mol. The first-order chi connectivity index (χ1) is 13.5. The molecule has 7 heteroatoms. The lowest BCUT2D eigenvalue weighted by molar-refractivity contribution is 0.0959. The third-order valence-electron chi connectivity index (χ3n) is 4.84. The minimum atomic E-state index is -0.574. The van der Waals surface area contributed by atoms with E-state index in [4.69, 9.17) is 9.15 Å². The number of Topliss-reactive ketones (excluding diaryl/α,β-unsaturated/α-hetero) is 1. The molecule has 0 fully saturated rings. The summed E-state index contributed by atoms with van der Waals surface area (Å²) in [6.45, 7) is 0. The quantitative estimate of drug-likeness (QED) is 0.726. The zero-order chi connectivity index (χ0) is 19.7. The van der Waals surface area contributed by atoms with Crippen molar-refractivity contribution in [3.8, 4) is 5.75 Å². The van der Waals surface area contributed by atoms with Crippen LogP contribution in [0.5, 0.6) is 5.75 Å². The number of furan rings is 1. The highest BCUT2D eigenvalue weighted by Gasteiger charge is 2.30. The van der Waals surface area contributed by atoms with Crippen LogP contribution in [0.1, 0.15) is 44.5 Å². The number of H-pyrrole nitrogens is 1. The van der Waals surface area contributed by atoms with Gasteiger partial charge in [0.25, 0.3) is 11.5 Å². The van der Waals surface area contributed by atoms with E-state index < -0.39 is 11.5 Å². The van der Waals surface area contributed by atoms with Crippen LogP contribution in [-0.2, 0) is 6.42 Å². The van der Waals surface area contributed by atoms with Crippen molar-refractivity contribution in [1.29, 1.82) is 0 Å². The van der Waals surface area contributed by atoms with E-state index in [1.54, 1.807) is 43.7 Å². The zero-order valence-corrected chi connectivity index (χ0v) is 15.2. The first-order valence-corrected chi connectivity index (χ1v) is 8.83. The van der Waals surface area contributed by atoms with E-state index in [9.17, 15) is 14.4 Å². The molecule has 2 N–H and O–H groups in total. The molecule has 1 amide bonds. The van der Waals surface area contributed by atoms with Crippen molar-refractivity contribution >= 4 is 17.4 Å². The van der Waals surface area contributed by atoms with Gasteiger partial charge >= 0.3 is 0 Å². The Labute approximate surface area is 160 Å². The molecule has 142 valence electrons. The van der Waals surface area contributed by atoms with Gasteiger partial charge in [-0.3, -0.25) is 14.4 Å². The average molecular weight is 378 g/mol. The van der Waals surface area contributed by atoms with Crippen molar-refractivity contribution in [1.82, 2.24) is 4.98 Å². The summed E-state index contributed by atoms with van der Waals surface area (Å²) in [5.41, 5.74) is 0.801. The lowest BCUT2D eigenvalue weighted by atomic mass is 9.84. The molecule has 1 aliphatic carbocycles. The van der Waals surface area contributed by atoms with Gasteiger partial charge in [-0.2, -0.15) is 0 Å². The number of hydrogen-bond acceptors (Lipinski definition) is 5. The van der Waals surface area contributed by atoms with Crippen molar-refractivity contribution in [2.24, 2.45) is 0 Å². The van der Waals surface area contributed by atoms with Crippen molar-refractivity contribution in [3.05, 3.63) is 81.7 Å². The van der Waals surface area contributed by atoms with Crippen LogP contribution >= 0.6 is 0 Å². The lowest BCUT2D eigenvalue weighted by Crippen LogP contribution is -2.29. The topological polar surface area (TPSA) is 101 Å². The van der Waals surface area contributed by atoms with E-state index in [0.717, 1.165) is 0 Å². The van der Waals surface area contributed by atoms with Crippen LogP contribution in [0.15, 0.2) is 57.9 Å². The maximum atomic E-state index is 12.6. The molecule has 28 heavy (non-hydrogen) atoms. The Kier molecular flexibility index (Phi) is 4.57. The Morgan fingerprint density at radius 3 is 2.64 bits per heavy atom. The number of rotatable bonds is 4. The summed E-state index contributed by atoms with van der Waals surface area (Å²) >= 11 is 0. The Hall–Kier alpha value is -3.61. The molecular formula is C21H18N2O5. The van der Waals surface area contributed by atoms with Crippen LogP contribution < -0.4 is 15.6 Å². The summed E-state index contributed by atoms with van der Waals surface area (Å²) in [4.78, 5) is 40.3. The van der Waals surface area contributed by atoms with Gasteiger partial charge in [0.05, 0.1) is 13.4 Å². The lowest BCUT2D eigenvalue weighted by Gasteiger charge is -2.22. The monoisotopic (exact) mass is 378 g/mol. The minimum absolute atomic E-state index is 0.0978. The van der Waals surface area contributed by atoms with E-state index in [0.29, 0.717) is 34.9 Å². The molecule has 4 rings (SSSR count). The highest BCUT2D eigenvalue weighted by atomic mass is 16.5. The third kappa shape index (κ3) is 3.34. The van der Waals surface area contributed by atoms with Crippen molar-refractivity contribution in [3.63, 3.8) is 0 Å². The van der Waals surface area contributed by atoms with Gasteiger partial charge in [0.1, 0.15) is 17.1 Å². The number of benzene rings is 1. The summed E-state index contributed by atoms with van der Waals surface area (Å²) in [6.07, 6.45) is 2.31. The SMILES string of the molecule is COc1ccc(NC(=O)c2cc3c([nH]c2=O)C[C@@H](c2ccco2)CC3=O)cc1. The second kappa shape index (κ2) is 7.19. The second-order valence-corrected chi connectivity index (χ2v) is 6.63. The van der Waals surface area contributed by atoms with Gasteiger partial charge < -0.3 is 19.5 Å². The van der Waals surface area contributed by atoms with Crippen molar-refractivity contribution in [2.75, 3.05) is 12.4 Å². The van der Waals surface area contributed by atoms with E-state index >= 15 is 0 Å². The minimum Gasteiger partial charge on any atom is -0.497 e. The number of aromatic nitrogens is 1. The highest BCUT2D eigenvalue weighted by Crippen LogP contribution is 2.31. The molecule has 2 aromatic heterocycles. The molecule has 0 bridgehead atoms. The normalized spacial score (nSPS) is 15.8. The number of carbonyl (C=O) groups is 2. The van der Waals surface area contributed by atoms with Crippen LogP contribution in [0.4, 0.5) is 5.69 Å². The number of methoxy groups -OCH3 is 1. The average Bonchev–Trinajstić information content (AvgIpc) is 3.22. The van der Waals surface area contributed by atoms with E-state index in [-0.39, 0.29) is 23.7 Å². The second-order valence-electron chi connectivity index (χ2n) is 6.63. The van der Waals surface area contributed by atoms with Gasteiger partial charge in [-0.15, -0.1) is 0 Å². The first-order valence-electron chi connectivity index (χ1n) is 8.83. The third-order valence-corrected chi connectivity index (χ3v) is 4.84. The molecule has 3 aromatic rings. The number of ketones is 1. The molecule has 0 spiro atoms. The fourth-order valence-electron chi connectivity index (χ4n) is 3.40. The number of amides is 1. The summed E-state index contributed by atoms with van der Waals surface area (Å²) in [5, 5.41) is 2.66. The van der Waals surface area contributed by atoms with Crippen LogP contribution in [-0.4, -0.2) is 23.8 Å². The number of aromatic amines is 1. The van der Waals surface area contributed by atoms with Crippen LogP contribution in [0.25, 0.3) is 0 Å². The number of pyridine rings is 1. The van der Waals surface area contributed by atoms with Crippen LogP contribution in [0.2, 0.25) is 0 Å². The van der Waals surface area contributed by atoms with Crippen LogP contribution in [0, 0.1) is 0 Å². The number of ether oxygens (including phenoxy) is 1. The van der Waals surface area contributed by atoms with E-state index in [1.807, 2.05) is 6.07 Å². The fourth-order valence-corrected chi connectivity index (χ4v) is 3.40. The van der Waals surface area contributed by atoms with Gasteiger partial charge in [0.2, 0.25) is 0 Å². The molecule has 0 saturated heterocycles. The molecule has 1 aliphatic rings. The van der Waals surface area contributed by atoms with Crippen molar-refractivity contribution < 1.29 is 18.7 Å². The maximum absolute atomic E-state index is 12.6. The number of nitrogens with one attached hydrogen (secondary N) is 2. The summed E-state index contributed by atoms with van der Waals surface area (Å²) in [5.74, 6) is 0.541. The molecule has 0 radical (unpaired) electrons. The molecule has 2 heterocycles. The summed E-state index contributed by atoms with van der Waals surface area (Å²) in [7, 11) is 1.55. The Morgan fingerprint density at radius 1 is 1.18 bits per heavy atom. The van der Waals surface area contributed by atoms with Gasteiger partial charge in [-0.25, -0.2) is 0 Å². The van der Waals surface area contributed by atoms with E-state index in [2.05, 4.69) is 10.3 Å². The van der Waals surface area contributed by atoms with Gasteiger partial charge in [0.15, 0.2) is 5.78 Å². The zero-order valence-electron chi connectivity index (χ0n) is 15.2. The smallest absolute Gasteiger partial charge is 0.261 e. The molecule has 0 aliphatic heterocycles. The van der Waals surface area contributed by atoms with Gasteiger partial charge in [0, 0.05) is 29.3 Å². The fraction of sp³-hybridized carbons (Fsp3) is 0.190. The maximum Gasteiger partial charge on any atom is 0.261 e. The number of anilines is 1. The highest BCUT2D eigenvalue weighted by molar-refractivity contribution is 6.06. The number of carbonyl (C=O) groups excluding carboxylic acids is 2. The van der Waals surface area contributed by atoms with Crippen molar-refractivity contribution in [2.45, 2.75) is 18.8 Å². The van der Waals surface area contributed by atoms with Gasteiger partial charge in [-0.1, -0.05) is 0 Å². The Bertz CT molecular complexity index is 1080. The van der Waals surface area contributed by atoms with Gasteiger partial charge in [-0.05, 0) is 48.9 Å². The van der Waals surface area contributed by atoms with Crippen LogP contribution in [0.3, 0.4) is 0 Å². The molecule has 0 saturated carbocycles. The predicted octanol–water partition coefficient (Wildman–Crippen LogP) is 3.14. The molecule has 1 atom stereocenters. The molecule has 0 unspecified atom stereocenters. The summed E-state index contributed by atoms with van der Waals surface area (Å²) < 4.78 is 10.5. The largest absolute Gasteiger partial charge is 0.497 e. The standard InChI is InChI=1S/C21H18N2O5/c1-27-14-6-4-13(5-7-14)22-20(25)16-11-15-17(23-21(16)26)9-12(10-18(15)24)19-3-2-8-28-19/h2-8,11-12H,9-10H2,1H3,(H,22,25)(H,23,26)/t12-/m1/s1. The molecule has 1 aromatic carbocycles. The Balaban J connectivity index is 1.59. The number of fused-ring (bicyclic) bond motifs is 1. The number of hydrogen-bond donors (Lipinski definition) is 2. The molecule has 7 nitrogen and oxygen atoms in total. The van der Waals surface area contributed by atoms with E-state index in [1.165, 1.54) is 6.07 Å².